The molecule has 2 saturated carbocycles. The van der Waals surface area contributed by atoms with Gasteiger partial charge in [0.1, 0.15) is 0 Å². The van der Waals surface area contributed by atoms with Gasteiger partial charge in [-0.2, -0.15) is 4.98 Å². The molecule has 2 fully saturated rings. The quantitative estimate of drug-likeness (QED) is 0.821. The first-order chi connectivity index (χ1) is 7.38. The molecule has 0 saturated heterocycles. The van der Waals surface area contributed by atoms with E-state index in [0.717, 1.165) is 11.7 Å². The Balaban J connectivity index is 1.78. The van der Waals surface area contributed by atoms with Gasteiger partial charge in [0, 0.05) is 17.9 Å². The molecule has 2 atom stereocenters. The van der Waals surface area contributed by atoms with E-state index >= 15 is 0 Å². The highest BCUT2D eigenvalue weighted by Crippen LogP contribution is 2.40. The normalized spacial score (nSPS) is 31.0. The molecule has 2 aliphatic rings. The molecule has 0 aromatic carbocycles. The second-order valence-electron chi connectivity index (χ2n) is 4.70. The second kappa shape index (κ2) is 3.59. The van der Waals surface area contributed by atoms with Crippen molar-refractivity contribution < 1.29 is 4.52 Å². The zero-order valence-corrected chi connectivity index (χ0v) is 9.07. The van der Waals surface area contributed by atoms with Crippen molar-refractivity contribution in [3.05, 3.63) is 11.7 Å². The number of aromatic nitrogens is 2. The zero-order valence-electron chi connectivity index (χ0n) is 9.07. The molecule has 0 bridgehead atoms. The van der Waals surface area contributed by atoms with E-state index in [9.17, 15) is 0 Å². The third kappa shape index (κ3) is 1.67. The Labute approximate surface area is 89.4 Å². The lowest BCUT2D eigenvalue weighted by Crippen LogP contribution is -2.28. The van der Waals surface area contributed by atoms with Crippen LogP contribution in [0.1, 0.15) is 55.7 Å². The van der Waals surface area contributed by atoms with Crippen LogP contribution in [0.25, 0.3) is 0 Å². The van der Waals surface area contributed by atoms with Crippen molar-refractivity contribution in [2.75, 3.05) is 7.05 Å². The summed E-state index contributed by atoms with van der Waals surface area (Å²) in [6.07, 6.45) is 6.14. The van der Waals surface area contributed by atoms with Gasteiger partial charge in [0.15, 0.2) is 5.82 Å². The highest BCUT2D eigenvalue weighted by molar-refractivity contribution is 5.08. The van der Waals surface area contributed by atoms with Crippen LogP contribution in [0.15, 0.2) is 4.52 Å². The molecule has 4 heteroatoms. The van der Waals surface area contributed by atoms with Gasteiger partial charge in [0.25, 0.3) is 0 Å². The first kappa shape index (κ1) is 9.33. The van der Waals surface area contributed by atoms with Gasteiger partial charge < -0.3 is 9.84 Å². The lowest BCUT2D eigenvalue weighted by molar-refractivity contribution is 0.366. The van der Waals surface area contributed by atoms with Gasteiger partial charge in [-0.3, -0.25) is 0 Å². The Hall–Kier alpha value is -0.900. The predicted octanol–water partition coefficient (Wildman–Crippen LogP) is 1.80. The summed E-state index contributed by atoms with van der Waals surface area (Å²) >= 11 is 0. The van der Waals surface area contributed by atoms with Gasteiger partial charge in [-0.25, -0.2) is 0 Å². The zero-order chi connectivity index (χ0) is 10.3. The Bertz CT molecular complexity index is 345. The molecule has 1 aromatic heterocycles. The van der Waals surface area contributed by atoms with Crippen molar-refractivity contribution in [2.24, 2.45) is 0 Å². The smallest absolute Gasteiger partial charge is 0.229 e. The van der Waals surface area contributed by atoms with E-state index in [-0.39, 0.29) is 0 Å². The lowest BCUT2D eigenvalue weighted by Gasteiger charge is -2.14. The molecule has 1 aromatic rings. The molecular weight excluding hydrogens is 190 g/mol. The molecular formula is C11H17N3O. The minimum Gasteiger partial charge on any atom is -0.339 e. The van der Waals surface area contributed by atoms with Crippen LogP contribution in [0, 0.1) is 0 Å². The SMILES string of the molecule is CN[C@@H]1CCC[C@@H]1c1noc(C2CC2)n1. The van der Waals surface area contributed by atoms with Crippen LogP contribution < -0.4 is 5.32 Å². The summed E-state index contributed by atoms with van der Waals surface area (Å²) in [6.45, 7) is 0. The maximum Gasteiger partial charge on any atom is 0.229 e. The largest absolute Gasteiger partial charge is 0.339 e. The van der Waals surface area contributed by atoms with E-state index in [1.807, 2.05) is 7.05 Å². The number of nitrogens with zero attached hydrogens (tertiary/aromatic N) is 2. The van der Waals surface area contributed by atoms with Crippen LogP contribution in [0.3, 0.4) is 0 Å². The Morgan fingerprint density at radius 3 is 2.87 bits per heavy atom. The van der Waals surface area contributed by atoms with Crippen LogP contribution >= 0.6 is 0 Å². The monoisotopic (exact) mass is 207 g/mol. The third-order valence-corrected chi connectivity index (χ3v) is 3.60. The number of hydrogen-bond acceptors (Lipinski definition) is 4. The van der Waals surface area contributed by atoms with Gasteiger partial charge >= 0.3 is 0 Å². The van der Waals surface area contributed by atoms with E-state index in [0.29, 0.717) is 17.9 Å². The molecule has 4 nitrogen and oxygen atoms in total. The summed E-state index contributed by atoms with van der Waals surface area (Å²) in [6, 6.07) is 0.537. The summed E-state index contributed by atoms with van der Waals surface area (Å²) in [5.74, 6) is 2.83. The molecule has 3 rings (SSSR count). The van der Waals surface area contributed by atoms with E-state index in [1.54, 1.807) is 0 Å². The van der Waals surface area contributed by atoms with Gasteiger partial charge in [0.2, 0.25) is 5.89 Å². The minimum absolute atomic E-state index is 0.464. The van der Waals surface area contributed by atoms with E-state index < -0.39 is 0 Å². The maximum atomic E-state index is 5.30. The summed E-state index contributed by atoms with van der Waals surface area (Å²) in [5.41, 5.74) is 0. The third-order valence-electron chi connectivity index (χ3n) is 3.60. The van der Waals surface area contributed by atoms with Gasteiger partial charge in [-0.05, 0) is 32.7 Å². The van der Waals surface area contributed by atoms with E-state index in [4.69, 9.17) is 4.52 Å². The standard InChI is InChI=1S/C11H17N3O/c1-12-9-4-2-3-8(9)10-13-11(15-14-10)7-5-6-7/h7-9,12H,2-6H2,1H3/t8-,9+/m0/s1. The fourth-order valence-electron chi connectivity index (χ4n) is 2.51. The van der Waals surface area contributed by atoms with E-state index in [1.165, 1.54) is 32.1 Å². The average Bonchev–Trinajstić information content (AvgIpc) is 2.83. The number of nitrogens with one attached hydrogen (secondary N) is 1. The minimum atomic E-state index is 0.464. The summed E-state index contributed by atoms with van der Waals surface area (Å²) in [7, 11) is 2.02. The number of likely N-dealkylation sites (N-methyl/N-ethyl adjacent to an activating group) is 1. The van der Waals surface area contributed by atoms with Crippen molar-refractivity contribution >= 4 is 0 Å². The first-order valence-corrected chi connectivity index (χ1v) is 5.89. The van der Waals surface area contributed by atoms with Crippen molar-refractivity contribution in [1.29, 1.82) is 0 Å². The summed E-state index contributed by atoms with van der Waals surface area (Å²) < 4.78 is 5.30. The molecule has 0 amide bonds. The van der Waals surface area contributed by atoms with Crippen LogP contribution in [0.5, 0.6) is 0 Å². The van der Waals surface area contributed by atoms with Crippen LogP contribution in [0.4, 0.5) is 0 Å². The highest BCUT2D eigenvalue weighted by atomic mass is 16.5. The Morgan fingerprint density at radius 2 is 2.13 bits per heavy atom. The van der Waals surface area contributed by atoms with Gasteiger partial charge in [0.05, 0.1) is 0 Å². The topological polar surface area (TPSA) is 51.0 Å². The lowest BCUT2D eigenvalue weighted by atomic mass is 10.0. The maximum absolute atomic E-state index is 5.30. The molecule has 1 heterocycles. The van der Waals surface area contributed by atoms with E-state index in [2.05, 4.69) is 15.5 Å². The van der Waals surface area contributed by atoms with Crippen molar-refractivity contribution in [2.45, 2.75) is 50.0 Å². The highest BCUT2D eigenvalue weighted by Gasteiger charge is 2.34. The molecule has 1 N–H and O–H groups in total. The molecule has 82 valence electrons. The predicted molar refractivity (Wildman–Crippen MR) is 55.7 cm³/mol. The van der Waals surface area contributed by atoms with Crippen LogP contribution in [0.2, 0.25) is 0 Å². The van der Waals surface area contributed by atoms with Crippen LogP contribution in [-0.2, 0) is 0 Å². The Kier molecular flexibility index (Phi) is 2.24. The van der Waals surface area contributed by atoms with Gasteiger partial charge in [-0.15, -0.1) is 0 Å². The fourth-order valence-corrected chi connectivity index (χ4v) is 2.51. The first-order valence-electron chi connectivity index (χ1n) is 5.89. The summed E-state index contributed by atoms with van der Waals surface area (Å²) in [5, 5.41) is 7.48. The molecule has 0 radical (unpaired) electrons. The number of hydrogen-bond donors (Lipinski definition) is 1. The second-order valence-corrected chi connectivity index (χ2v) is 4.70. The average molecular weight is 207 g/mol. The molecule has 0 unspecified atom stereocenters. The van der Waals surface area contributed by atoms with Crippen LogP contribution in [-0.4, -0.2) is 23.2 Å². The molecule has 0 spiro atoms. The van der Waals surface area contributed by atoms with Crippen molar-refractivity contribution in [3.8, 4) is 0 Å². The number of rotatable bonds is 3. The summed E-state index contributed by atoms with van der Waals surface area (Å²) in [4.78, 5) is 4.53. The van der Waals surface area contributed by atoms with Crippen molar-refractivity contribution in [3.63, 3.8) is 0 Å². The van der Waals surface area contributed by atoms with Crippen molar-refractivity contribution in [1.82, 2.24) is 15.5 Å². The van der Waals surface area contributed by atoms with Gasteiger partial charge in [-0.1, -0.05) is 11.6 Å². The molecule has 15 heavy (non-hydrogen) atoms. The molecule has 2 aliphatic carbocycles. The fraction of sp³-hybridized carbons (Fsp3) is 0.818. The molecule has 0 aliphatic heterocycles. The Morgan fingerprint density at radius 1 is 1.27 bits per heavy atom.